The van der Waals surface area contributed by atoms with Crippen molar-refractivity contribution in [2.24, 2.45) is 4.99 Å². The topological polar surface area (TPSA) is 73.8 Å². The van der Waals surface area contributed by atoms with Crippen LogP contribution in [0.5, 0.6) is 0 Å². The molecule has 1 atom stereocenters. The van der Waals surface area contributed by atoms with Crippen molar-refractivity contribution in [2.45, 2.75) is 13.1 Å². The zero-order valence-electron chi connectivity index (χ0n) is 16.3. The fraction of sp³-hybridized carbons (Fsp3) is 0.136. The van der Waals surface area contributed by atoms with Gasteiger partial charge in [0, 0.05) is 23.1 Å². The van der Waals surface area contributed by atoms with E-state index in [4.69, 9.17) is 0 Å². The Labute approximate surface area is 177 Å². The lowest BCUT2D eigenvalue weighted by Crippen LogP contribution is -2.47. The third-order valence-electron chi connectivity index (χ3n) is 4.72. The van der Waals surface area contributed by atoms with E-state index in [0.717, 1.165) is 4.88 Å². The SMILES string of the molecule is Cc1ccc(NC(=O)NC2N=C(c3ccccc3F)c3ccccc3N(C)C2=O)s1. The molecule has 0 saturated heterocycles. The number of nitrogens with zero attached hydrogens (tertiary/aromatic N) is 2. The Bertz CT molecular complexity index is 1160. The first-order valence-electron chi connectivity index (χ1n) is 9.27. The van der Waals surface area contributed by atoms with Crippen LogP contribution in [0.3, 0.4) is 0 Å². The Kier molecular flexibility index (Phi) is 5.33. The van der Waals surface area contributed by atoms with Gasteiger partial charge < -0.3 is 10.2 Å². The Morgan fingerprint density at radius 3 is 2.47 bits per heavy atom. The van der Waals surface area contributed by atoms with E-state index in [1.807, 2.05) is 13.0 Å². The summed E-state index contributed by atoms with van der Waals surface area (Å²) in [6.07, 6.45) is -1.21. The third kappa shape index (κ3) is 3.81. The Morgan fingerprint density at radius 1 is 1.07 bits per heavy atom. The van der Waals surface area contributed by atoms with E-state index in [0.29, 0.717) is 22.0 Å². The molecule has 2 N–H and O–H groups in total. The molecule has 3 aromatic rings. The van der Waals surface area contributed by atoms with Gasteiger partial charge in [-0.2, -0.15) is 0 Å². The molecule has 1 aliphatic heterocycles. The van der Waals surface area contributed by atoms with Crippen LogP contribution in [-0.2, 0) is 4.79 Å². The number of likely N-dealkylation sites (N-methyl/N-ethyl adjacent to an activating group) is 1. The number of aliphatic imine (C=N–C) groups is 1. The number of carbonyl (C=O) groups excluding carboxylic acids is 2. The molecule has 0 bridgehead atoms. The predicted octanol–water partition coefficient (Wildman–Crippen LogP) is 4.16. The van der Waals surface area contributed by atoms with Crippen molar-refractivity contribution in [3.05, 3.63) is 82.5 Å². The van der Waals surface area contributed by atoms with E-state index >= 15 is 0 Å². The summed E-state index contributed by atoms with van der Waals surface area (Å²) in [4.78, 5) is 32.5. The van der Waals surface area contributed by atoms with Gasteiger partial charge in [0.2, 0.25) is 6.17 Å². The van der Waals surface area contributed by atoms with E-state index in [9.17, 15) is 14.0 Å². The number of rotatable bonds is 3. The van der Waals surface area contributed by atoms with Gasteiger partial charge in [0.1, 0.15) is 5.82 Å². The molecule has 0 radical (unpaired) electrons. The molecular formula is C22H19FN4O2S. The van der Waals surface area contributed by atoms with Gasteiger partial charge in [0.15, 0.2) is 0 Å². The monoisotopic (exact) mass is 422 g/mol. The quantitative estimate of drug-likeness (QED) is 0.665. The molecule has 1 unspecified atom stereocenters. The van der Waals surface area contributed by atoms with Gasteiger partial charge in [-0.15, -0.1) is 11.3 Å². The average Bonchev–Trinajstić information content (AvgIpc) is 3.11. The highest BCUT2D eigenvalue weighted by Gasteiger charge is 2.31. The molecule has 3 amide bonds. The van der Waals surface area contributed by atoms with Gasteiger partial charge in [0.25, 0.3) is 5.91 Å². The lowest BCUT2D eigenvalue weighted by molar-refractivity contribution is -0.119. The first kappa shape index (κ1) is 19.8. The van der Waals surface area contributed by atoms with E-state index in [-0.39, 0.29) is 5.56 Å². The van der Waals surface area contributed by atoms with Crippen LogP contribution in [0.15, 0.2) is 65.7 Å². The number of fused-ring (bicyclic) bond motifs is 1. The van der Waals surface area contributed by atoms with Gasteiger partial charge >= 0.3 is 6.03 Å². The average molecular weight is 422 g/mol. The van der Waals surface area contributed by atoms with Crippen molar-refractivity contribution in [1.29, 1.82) is 0 Å². The number of urea groups is 1. The van der Waals surface area contributed by atoms with Crippen LogP contribution >= 0.6 is 11.3 Å². The molecule has 1 aromatic heterocycles. The minimum absolute atomic E-state index is 0.258. The van der Waals surface area contributed by atoms with Crippen LogP contribution in [0.1, 0.15) is 16.0 Å². The summed E-state index contributed by atoms with van der Waals surface area (Å²) in [5, 5.41) is 5.97. The van der Waals surface area contributed by atoms with Gasteiger partial charge in [-0.05, 0) is 37.3 Å². The van der Waals surface area contributed by atoms with E-state index in [1.165, 1.54) is 22.3 Å². The van der Waals surface area contributed by atoms with Crippen LogP contribution in [0.2, 0.25) is 0 Å². The number of carbonyl (C=O) groups is 2. The molecule has 152 valence electrons. The number of aryl methyl sites for hydroxylation is 1. The minimum Gasteiger partial charge on any atom is -0.311 e. The number of halogens is 1. The van der Waals surface area contributed by atoms with Crippen LogP contribution in [0.25, 0.3) is 0 Å². The molecule has 0 aliphatic carbocycles. The van der Waals surface area contributed by atoms with Crippen molar-refractivity contribution >= 4 is 39.7 Å². The number of hydrogen-bond donors (Lipinski definition) is 2. The van der Waals surface area contributed by atoms with Crippen molar-refractivity contribution in [3.8, 4) is 0 Å². The molecule has 0 spiro atoms. The highest BCUT2D eigenvalue weighted by Crippen LogP contribution is 2.28. The van der Waals surface area contributed by atoms with Gasteiger partial charge in [-0.3, -0.25) is 10.1 Å². The number of thiophene rings is 1. The maximum absolute atomic E-state index is 14.6. The molecule has 2 heterocycles. The molecule has 0 fully saturated rings. The molecule has 8 heteroatoms. The zero-order chi connectivity index (χ0) is 21.3. The van der Waals surface area contributed by atoms with Crippen molar-refractivity contribution in [3.63, 3.8) is 0 Å². The van der Waals surface area contributed by atoms with Crippen LogP contribution in [0, 0.1) is 12.7 Å². The fourth-order valence-corrected chi connectivity index (χ4v) is 4.02. The molecule has 2 aromatic carbocycles. The summed E-state index contributed by atoms with van der Waals surface area (Å²) in [5.41, 5.74) is 1.76. The molecule has 0 saturated carbocycles. The molecule has 6 nitrogen and oxygen atoms in total. The number of amides is 3. The number of benzene rings is 2. The normalized spacial score (nSPS) is 15.8. The van der Waals surface area contributed by atoms with Crippen LogP contribution < -0.4 is 15.5 Å². The Morgan fingerprint density at radius 2 is 1.77 bits per heavy atom. The van der Waals surface area contributed by atoms with Crippen molar-refractivity contribution in [1.82, 2.24) is 5.32 Å². The van der Waals surface area contributed by atoms with E-state index < -0.39 is 23.9 Å². The number of nitrogens with one attached hydrogen (secondary N) is 2. The zero-order valence-corrected chi connectivity index (χ0v) is 17.2. The van der Waals surface area contributed by atoms with Crippen molar-refractivity contribution < 1.29 is 14.0 Å². The first-order valence-corrected chi connectivity index (χ1v) is 10.1. The summed E-state index contributed by atoms with van der Waals surface area (Å²) < 4.78 is 14.6. The van der Waals surface area contributed by atoms with E-state index in [1.54, 1.807) is 55.6 Å². The van der Waals surface area contributed by atoms with Crippen LogP contribution in [-0.4, -0.2) is 30.9 Å². The smallest absolute Gasteiger partial charge is 0.311 e. The molecular weight excluding hydrogens is 403 g/mol. The lowest BCUT2D eigenvalue weighted by Gasteiger charge is -2.20. The molecule has 4 rings (SSSR count). The van der Waals surface area contributed by atoms with Crippen LogP contribution in [0.4, 0.5) is 19.9 Å². The highest BCUT2D eigenvalue weighted by molar-refractivity contribution is 7.16. The van der Waals surface area contributed by atoms with E-state index in [2.05, 4.69) is 15.6 Å². The molecule has 1 aliphatic rings. The second kappa shape index (κ2) is 8.08. The van der Waals surface area contributed by atoms with Gasteiger partial charge in [-0.25, -0.2) is 14.2 Å². The standard InChI is InChI=1S/C22H19FN4O2S/c1-13-11-12-18(30-13)24-22(29)26-20-21(28)27(2)17-10-6-4-8-15(17)19(25-20)14-7-3-5-9-16(14)23/h3-12,20H,1-2H3,(H2,24,26,29). The Hall–Kier alpha value is -3.52. The number of para-hydroxylation sites is 1. The van der Waals surface area contributed by atoms with Gasteiger partial charge in [0.05, 0.1) is 16.4 Å². The Balaban J connectivity index is 1.73. The van der Waals surface area contributed by atoms with Crippen molar-refractivity contribution in [2.75, 3.05) is 17.3 Å². The summed E-state index contributed by atoms with van der Waals surface area (Å²) in [5.74, 6) is -0.883. The summed E-state index contributed by atoms with van der Waals surface area (Å²) in [7, 11) is 1.61. The second-order valence-electron chi connectivity index (χ2n) is 6.78. The molecule has 30 heavy (non-hydrogen) atoms. The lowest BCUT2D eigenvalue weighted by atomic mass is 10.00. The second-order valence-corrected chi connectivity index (χ2v) is 8.07. The third-order valence-corrected chi connectivity index (χ3v) is 5.63. The maximum atomic E-state index is 14.6. The maximum Gasteiger partial charge on any atom is 0.321 e. The summed E-state index contributed by atoms with van der Waals surface area (Å²) in [6.45, 7) is 1.93. The minimum atomic E-state index is -1.21. The largest absolute Gasteiger partial charge is 0.321 e. The predicted molar refractivity (Wildman–Crippen MR) is 117 cm³/mol. The van der Waals surface area contributed by atoms with Gasteiger partial charge in [-0.1, -0.05) is 30.3 Å². The fourth-order valence-electron chi connectivity index (χ4n) is 3.26. The number of hydrogen-bond acceptors (Lipinski definition) is 4. The summed E-state index contributed by atoms with van der Waals surface area (Å²) >= 11 is 1.42. The first-order chi connectivity index (χ1) is 14.4. The summed E-state index contributed by atoms with van der Waals surface area (Å²) in [6, 6.07) is 16.5. The number of anilines is 2. The number of benzodiazepines with no additional fused rings is 1. The highest BCUT2D eigenvalue weighted by atomic mass is 32.1.